The van der Waals surface area contributed by atoms with Gasteiger partial charge in [-0.1, -0.05) is 43.3 Å². The minimum atomic E-state index is -1.01. The van der Waals surface area contributed by atoms with Crippen LogP contribution in [-0.4, -0.2) is 23.3 Å². The first-order valence-corrected chi connectivity index (χ1v) is 9.66. The molecule has 28 heavy (non-hydrogen) atoms. The maximum atomic E-state index is 11.5. The van der Waals surface area contributed by atoms with Gasteiger partial charge in [0.15, 0.2) is 0 Å². The number of carboxylic acid groups (broad SMARTS) is 1. The number of benzene rings is 2. The Morgan fingerprint density at radius 2 is 1.82 bits per heavy atom. The third-order valence-electron chi connectivity index (χ3n) is 5.83. The van der Waals surface area contributed by atoms with E-state index in [1.165, 1.54) is 24.0 Å². The largest absolute Gasteiger partial charge is 0.477 e. The van der Waals surface area contributed by atoms with Crippen LogP contribution in [-0.2, 0) is 4.79 Å². The lowest BCUT2D eigenvalue weighted by Crippen LogP contribution is -2.24. The molecule has 4 heteroatoms. The Morgan fingerprint density at radius 1 is 1.14 bits per heavy atom. The molecule has 2 atom stereocenters. The molecular formula is C24H22N2O2. The summed E-state index contributed by atoms with van der Waals surface area (Å²) < 4.78 is 0. The molecule has 2 aromatic rings. The number of aliphatic imine (C=N–C) groups is 1. The molecule has 0 radical (unpaired) electrons. The summed E-state index contributed by atoms with van der Waals surface area (Å²) in [4.78, 5) is 15.8. The first-order valence-electron chi connectivity index (χ1n) is 9.66. The molecule has 140 valence electrons. The number of nitrogens with zero attached hydrogens (tertiary/aromatic N) is 2. The van der Waals surface area contributed by atoms with Crippen LogP contribution < -0.4 is 0 Å². The highest BCUT2D eigenvalue weighted by Gasteiger charge is 2.29. The SMILES string of the molecule is CC(c1ccc(C2CC2)cc1)C1CN=C(C(=O)O)C=C1c1ccc(C#N)cc1. The highest BCUT2D eigenvalue weighted by atomic mass is 16.4. The quantitative estimate of drug-likeness (QED) is 0.823. The fourth-order valence-corrected chi connectivity index (χ4v) is 3.91. The molecular weight excluding hydrogens is 348 g/mol. The third-order valence-corrected chi connectivity index (χ3v) is 5.83. The first-order chi connectivity index (χ1) is 13.6. The summed E-state index contributed by atoms with van der Waals surface area (Å²) in [5.74, 6) is 0.0129. The van der Waals surface area contributed by atoms with E-state index in [2.05, 4.69) is 42.3 Å². The molecule has 0 amide bonds. The number of rotatable bonds is 5. The fourth-order valence-electron chi connectivity index (χ4n) is 3.91. The van der Waals surface area contributed by atoms with Crippen LogP contribution in [0.5, 0.6) is 0 Å². The van der Waals surface area contributed by atoms with E-state index in [-0.39, 0.29) is 17.5 Å². The maximum Gasteiger partial charge on any atom is 0.354 e. The van der Waals surface area contributed by atoms with Crippen molar-refractivity contribution < 1.29 is 9.90 Å². The summed E-state index contributed by atoms with van der Waals surface area (Å²) in [5, 5.41) is 18.4. The summed E-state index contributed by atoms with van der Waals surface area (Å²) in [6.07, 6.45) is 4.26. The lowest BCUT2D eigenvalue weighted by atomic mass is 9.78. The molecule has 1 fully saturated rings. The predicted molar refractivity (Wildman–Crippen MR) is 109 cm³/mol. The Labute approximate surface area is 164 Å². The topological polar surface area (TPSA) is 73.4 Å². The van der Waals surface area contributed by atoms with Gasteiger partial charge in [-0.3, -0.25) is 4.99 Å². The van der Waals surface area contributed by atoms with E-state index in [9.17, 15) is 9.90 Å². The minimum Gasteiger partial charge on any atom is -0.477 e. The molecule has 0 saturated heterocycles. The molecule has 1 heterocycles. The van der Waals surface area contributed by atoms with Gasteiger partial charge in [0.05, 0.1) is 11.6 Å². The molecule has 4 nitrogen and oxygen atoms in total. The van der Waals surface area contributed by atoms with Gasteiger partial charge in [0.1, 0.15) is 5.71 Å². The van der Waals surface area contributed by atoms with E-state index in [0.717, 1.165) is 17.1 Å². The smallest absolute Gasteiger partial charge is 0.354 e. The molecule has 1 aliphatic heterocycles. The van der Waals surface area contributed by atoms with Gasteiger partial charge in [-0.15, -0.1) is 0 Å². The van der Waals surface area contributed by atoms with Gasteiger partial charge >= 0.3 is 5.97 Å². The van der Waals surface area contributed by atoms with E-state index >= 15 is 0 Å². The maximum absolute atomic E-state index is 11.5. The van der Waals surface area contributed by atoms with Crippen LogP contribution in [0.25, 0.3) is 5.57 Å². The zero-order valence-electron chi connectivity index (χ0n) is 15.8. The van der Waals surface area contributed by atoms with Crippen molar-refractivity contribution in [3.8, 4) is 6.07 Å². The van der Waals surface area contributed by atoms with Gasteiger partial charge in [0.25, 0.3) is 0 Å². The van der Waals surface area contributed by atoms with Crippen molar-refractivity contribution in [1.82, 2.24) is 0 Å². The highest BCUT2D eigenvalue weighted by molar-refractivity contribution is 6.42. The number of carboxylic acids is 1. The van der Waals surface area contributed by atoms with Crippen LogP contribution in [0.2, 0.25) is 0 Å². The van der Waals surface area contributed by atoms with Crippen LogP contribution in [0.4, 0.5) is 0 Å². The average Bonchev–Trinajstić information content (AvgIpc) is 3.58. The van der Waals surface area contributed by atoms with Gasteiger partial charge < -0.3 is 5.11 Å². The lowest BCUT2D eigenvalue weighted by molar-refractivity contribution is -0.129. The predicted octanol–water partition coefficient (Wildman–Crippen LogP) is 4.78. The molecule has 0 bridgehead atoms. The van der Waals surface area contributed by atoms with Crippen LogP contribution in [0, 0.1) is 17.2 Å². The van der Waals surface area contributed by atoms with Crippen molar-refractivity contribution in [2.45, 2.75) is 31.6 Å². The van der Waals surface area contributed by atoms with Crippen LogP contribution in [0.1, 0.15) is 53.9 Å². The number of hydrogen-bond acceptors (Lipinski definition) is 3. The molecule has 4 rings (SSSR count). The van der Waals surface area contributed by atoms with Crippen molar-refractivity contribution in [3.63, 3.8) is 0 Å². The summed E-state index contributed by atoms with van der Waals surface area (Å²) in [7, 11) is 0. The molecule has 0 aromatic heterocycles. The number of dihydropyridines is 1. The molecule has 1 aliphatic carbocycles. The van der Waals surface area contributed by atoms with Crippen molar-refractivity contribution in [3.05, 3.63) is 76.9 Å². The molecule has 2 aromatic carbocycles. The second-order valence-corrected chi connectivity index (χ2v) is 7.66. The number of aliphatic carboxylic acids is 1. The fraction of sp³-hybridized carbons (Fsp3) is 0.292. The van der Waals surface area contributed by atoms with E-state index < -0.39 is 5.97 Å². The molecule has 1 N–H and O–H groups in total. The van der Waals surface area contributed by atoms with Gasteiger partial charge in [-0.25, -0.2) is 4.79 Å². The van der Waals surface area contributed by atoms with Crippen LogP contribution >= 0.6 is 0 Å². The average molecular weight is 370 g/mol. The van der Waals surface area contributed by atoms with E-state index in [0.29, 0.717) is 12.1 Å². The van der Waals surface area contributed by atoms with Gasteiger partial charge in [-0.2, -0.15) is 5.26 Å². The van der Waals surface area contributed by atoms with E-state index in [1.54, 1.807) is 18.2 Å². The monoisotopic (exact) mass is 370 g/mol. The van der Waals surface area contributed by atoms with Crippen molar-refractivity contribution in [2.24, 2.45) is 10.9 Å². The normalized spacial score (nSPS) is 19.9. The summed E-state index contributed by atoms with van der Waals surface area (Å²) >= 11 is 0. The van der Waals surface area contributed by atoms with E-state index in [4.69, 9.17) is 5.26 Å². The van der Waals surface area contributed by atoms with Crippen LogP contribution in [0.3, 0.4) is 0 Å². The van der Waals surface area contributed by atoms with E-state index in [1.807, 2.05) is 12.1 Å². The standard InChI is InChI=1S/C24H22N2O2/c1-15(17-6-8-18(9-7-17)19-10-11-19)22-14-26-23(24(27)28)12-21(22)20-4-2-16(13-25)3-5-20/h2-9,12,15,19,22H,10-11,14H2,1H3,(H,27,28). The second kappa shape index (κ2) is 7.44. The summed E-state index contributed by atoms with van der Waals surface area (Å²) in [6.45, 7) is 2.62. The molecule has 2 unspecified atom stereocenters. The highest BCUT2D eigenvalue weighted by Crippen LogP contribution is 2.42. The second-order valence-electron chi connectivity index (χ2n) is 7.66. The summed E-state index contributed by atoms with van der Waals surface area (Å²) in [5.41, 5.74) is 5.24. The minimum absolute atomic E-state index is 0.0859. The Morgan fingerprint density at radius 3 is 2.39 bits per heavy atom. The number of nitriles is 1. The third kappa shape index (κ3) is 3.61. The van der Waals surface area contributed by atoms with Gasteiger partial charge in [-0.05, 0) is 65.1 Å². The lowest BCUT2D eigenvalue weighted by Gasteiger charge is -2.29. The van der Waals surface area contributed by atoms with Crippen LogP contribution in [0.15, 0.2) is 59.6 Å². The van der Waals surface area contributed by atoms with Crippen molar-refractivity contribution in [1.29, 1.82) is 5.26 Å². The zero-order valence-corrected chi connectivity index (χ0v) is 15.8. The molecule has 2 aliphatic rings. The Kier molecular flexibility index (Phi) is 4.83. The first kappa shape index (κ1) is 18.2. The Bertz CT molecular complexity index is 990. The van der Waals surface area contributed by atoms with Crippen molar-refractivity contribution >= 4 is 17.3 Å². The summed E-state index contributed by atoms with van der Waals surface area (Å²) in [6, 6.07) is 18.3. The Hall–Kier alpha value is -3.19. The molecule has 0 spiro atoms. The van der Waals surface area contributed by atoms with Gasteiger partial charge in [0.2, 0.25) is 0 Å². The van der Waals surface area contributed by atoms with Gasteiger partial charge in [0, 0.05) is 12.5 Å². The zero-order chi connectivity index (χ0) is 19.7. The molecule has 1 saturated carbocycles. The number of hydrogen-bond donors (Lipinski definition) is 1. The van der Waals surface area contributed by atoms with Crippen molar-refractivity contribution in [2.75, 3.05) is 6.54 Å². The number of carbonyl (C=O) groups is 1. The Balaban J connectivity index is 1.66.